The highest BCUT2D eigenvalue weighted by atomic mass is 16.4. The van der Waals surface area contributed by atoms with E-state index in [9.17, 15) is 19.5 Å². The van der Waals surface area contributed by atoms with Crippen LogP contribution in [-0.2, 0) is 19.9 Å². The second kappa shape index (κ2) is 5.81. The maximum atomic E-state index is 13.1. The quantitative estimate of drug-likeness (QED) is 0.728. The minimum absolute atomic E-state index is 0.337. The standard InChI is InChI=1S/C17H20N2O5/c1-10(16(23)24)18-15(22)12-13(20)11-6-5-9-19(11)17(14(12)21)7-3-2-4-8-17/h5-6,9-10,20H,2-4,7-8H2,1H3,(H,18,22)(H,23,24)/t10-/m0/s1. The topological polar surface area (TPSA) is 109 Å². The molecule has 0 bridgehead atoms. The largest absolute Gasteiger partial charge is 0.505 e. The van der Waals surface area contributed by atoms with Crippen molar-refractivity contribution in [3.05, 3.63) is 29.6 Å². The van der Waals surface area contributed by atoms with Crippen LogP contribution in [0.5, 0.6) is 0 Å². The van der Waals surface area contributed by atoms with Crippen LogP contribution in [0.15, 0.2) is 23.9 Å². The number of rotatable bonds is 3. The van der Waals surface area contributed by atoms with Crippen molar-refractivity contribution in [1.82, 2.24) is 9.88 Å². The summed E-state index contributed by atoms with van der Waals surface area (Å²) < 4.78 is 1.77. The van der Waals surface area contributed by atoms with Gasteiger partial charge >= 0.3 is 5.97 Å². The Morgan fingerprint density at radius 3 is 2.58 bits per heavy atom. The Morgan fingerprint density at radius 1 is 1.29 bits per heavy atom. The van der Waals surface area contributed by atoms with E-state index in [1.807, 2.05) is 0 Å². The van der Waals surface area contributed by atoms with Crippen molar-refractivity contribution in [2.75, 3.05) is 0 Å². The molecule has 1 aliphatic carbocycles. The van der Waals surface area contributed by atoms with Gasteiger partial charge in [-0.1, -0.05) is 19.3 Å². The van der Waals surface area contributed by atoms with Gasteiger partial charge in [0.05, 0.1) is 5.69 Å². The average molecular weight is 332 g/mol. The van der Waals surface area contributed by atoms with E-state index < -0.39 is 35.0 Å². The van der Waals surface area contributed by atoms with Crippen LogP contribution in [0.3, 0.4) is 0 Å². The number of amides is 1. The Kier molecular flexibility index (Phi) is 3.95. The molecule has 1 amide bonds. The summed E-state index contributed by atoms with van der Waals surface area (Å²) in [4.78, 5) is 36.5. The third kappa shape index (κ3) is 2.31. The maximum Gasteiger partial charge on any atom is 0.325 e. The summed E-state index contributed by atoms with van der Waals surface area (Å²) in [6, 6.07) is 2.24. The number of hydrogen-bond acceptors (Lipinski definition) is 4. The molecule has 2 aliphatic rings. The highest BCUT2D eigenvalue weighted by Crippen LogP contribution is 2.43. The first-order valence-corrected chi connectivity index (χ1v) is 8.08. The molecule has 7 nitrogen and oxygen atoms in total. The minimum Gasteiger partial charge on any atom is -0.505 e. The molecular weight excluding hydrogens is 312 g/mol. The highest BCUT2D eigenvalue weighted by molar-refractivity contribution is 6.27. The molecule has 24 heavy (non-hydrogen) atoms. The number of fused-ring (bicyclic) bond motifs is 2. The summed E-state index contributed by atoms with van der Waals surface area (Å²) in [5.41, 5.74) is -0.775. The third-order valence-electron chi connectivity index (χ3n) is 4.96. The van der Waals surface area contributed by atoms with Crippen molar-refractivity contribution in [1.29, 1.82) is 0 Å². The van der Waals surface area contributed by atoms with Gasteiger partial charge in [-0.15, -0.1) is 0 Å². The second-order valence-corrected chi connectivity index (χ2v) is 6.44. The number of hydrogen-bond donors (Lipinski definition) is 3. The molecule has 1 aromatic rings. The third-order valence-corrected chi connectivity index (χ3v) is 4.96. The number of ketones is 1. The highest BCUT2D eigenvalue weighted by Gasteiger charge is 2.49. The fourth-order valence-electron chi connectivity index (χ4n) is 3.67. The number of aliphatic hydroxyl groups is 1. The lowest BCUT2D eigenvalue weighted by molar-refractivity contribution is -0.141. The Bertz CT molecular complexity index is 740. The first kappa shape index (κ1) is 16.3. The molecular formula is C17H20N2O5. The van der Waals surface area contributed by atoms with Gasteiger partial charge in [-0.05, 0) is 31.9 Å². The predicted molar refractivity (Wildman–Crippen MR) is 85.3 cm³/mol. The number of aliphatic hydroxyl groups excluding tert-OH is 1. The van der Waals surface area contributed by atoms with Gasteiger partial charge in [-0.25, -0.2) is 0 Å². The molecule has 0 aromatic carbocycles. The maximum absolute atomic E-state index is 13.1. The van der Waals surface area contributed by atoms with Crippen LogP contribution in [0.2, 0.25) is 0 Å². The molecule has 1 saturated carbocycles. The first-order chi connectivity index (χ1) is 11.4. The van der Waals surface area contributed by atoms with Crippen LogP contribution in [-0.4, -0.2) is 38.5 Å². The lowest BCUT2D eigenvalue weighted by atomic mass is 9.73. The summed E-state index contributed by atoms with van der Waals surface area (Å²) in [6.45, 7) is 1.31. The molecule has 1 fully saturated rings. The van der Waals surface area contributed by atoms with Gasteiger partial charge < -0.3 is 20.1 Å². The Hall–Kier alpha value is -2.57. The lowest BCUT2D eigenvalue weighted by Gasteiger charge is -2.41. The monoisotopic (exact) mass is 332 g/mol. The van der Waals surface area contributed by atoms with Gasteiger partial charge in [0.25, 0.3) is 5.91 Å². The zero-order valence-electron chi connectivity index (χ0n) is 13.4. The normalized spacial score (nSPS) is 20.6. The molecule has 3 N–H and O–H groups in total. The molecule has 1 atom stereocenters. The number of nitrogens with one attached hydrogen (secondary N) is 1. The summed E-state index contributed by atoms with van der Waals surface area (Å²) in [7, 11) is 0. The summed E-state index contributed by atoms with van der Waals surface area (Å²) in [5, 5.41) is 21.7. The first-order valence-electron chi connectivity index (χ1n) is 8.08. The summed E-state index contributed by atoms with van der Waals surface area (Å²) >= 11 is 0. The number of carboxylic acids is 1. The minimum atomic E-state index is -1.21. The van der Waals surface area contributed by atoms with E-state index in [0.29, 0.717) is 18.5 Å². The van der Waals surface area contributed by atoms with Crippen LogP contribution >= 0.6 is 0 Å². The van der Waals surface area contributed by atoms with E-state index in [0.717, 1.165) is 19.3 Å². The molecule has 0 unspecified atom stereocenters. The van der Waals surface area contributed by atoms with E-state index >= 15 is 0 Å². The molecule has 1 aromatic heterocycles. The number of carboxylic acid groups (broad SMARTS) is 1. The number of carbonyl (C=O) groups excluding carboxylic acids is 2. The number of carbonyl (C=O) groups is 3. The average Bonchev–Trinajstić information content (AvgIpc) is 3.05. The van der Waals surface area contributed by atoms with Crippen LogP contribution in [0, 0.1) is 0 Å². The van der Waals surface area contributed by atoms with E-state index in [-0.39, 0.29) is 5.57 Å². The fourth-order valence-corrected chi connectivity index (χ4v) is 3.67. The van der Waals surface area contributed by atoms with Gasteiger partial charge in [0, 0.05) is 6.20 Å². The van der Waals surface area contributed by atoms with Crippen molar-refractivity contribution >= 4 is 23.4 Å². The Labute approximate surface area is 139 Å². The second-order valence-electron chi connectivity index (χ2n) is 6.44. The molecule has 1 spiro atoms. The smallest absolute Gasteiger partial charge is 0.325 e. The molecule has 0 radical (unpaired) electrons. The number of Topliss-reactive ketones (excluding diaryl/α,β-unsaturated/α-hetero) is 1. The number of aromatic nitrogens is 1. The van der Waals surface area contributed by atoms with Crippen LogP contribution < -0.4 is 5.32 Å². The van der Waals surface area contributed by atoms with Crippen LogP contribution in [0.1, 0.15) is 44.7 Å². The van der Waals surface area contributed by atoms with Gasteiger partial charge in [0.2, 0.25) is 0 Å². The van der Waals surface area contributed by atoms with Gasteiger partial charge in [0.15, 0.2) is 11.5 Å². The van der Waals surface area contributed by atoms with Crippen molar-refractivity contribution in [2.45, 2.75) is 50.6 Å². The molecule has 1 aliphatic heterocycles. The Balaban J connectivity index is 2.06. The summed E-state index contributed by atoms with van der Waals surface area (Å²) in [6.07, 6.45) is 5.72. The molecule has 3 rings (SSSR count). The van der Waals surface area contributed by atoms with Crippen LogP contribution in [0.25, 0.3) is 5.76 Å². The van der Waals surface area contributed by atoms with E-state index in [2.05, 4.69) is 5.32 Å². The van der Waals surface area contributed by atoms with Gasteiger partial charge in [-0.3, -0.25) is 14.4 Å². The van der Waals surface area contributed by atoms with Crippen molar-refractivity contribution in [2.24, 2.45) is 0 Å². The predicted octanol–water partition coefficient (Wildman–Crippen LogP) is 1.59. The van der Waals surface area contributed by atoms with Gasteiger partial charge in [0.1, 0.15) is 17.2 Å². The molecule has 2 heterocycles. The van der Waals surface area contributed by atoms with Crippen LogP contribution in [0.4, 0.5) is 0 Å². The molecule has 0 saturated heterocycles. The van der Waals surface area contributed by atoms with Crippen molar-refractivity contribution in [3.8, 4) is 0 Å². The number of aliphatic carboxylic acids is 1. The molecule has 7 heteroatoms. The summed E-state index contributed by atoms with van der Waals surface area (Å²) in [5.74, 6) is -2.87. The zero-order chi connectivity index (χ0) is 17.5. The lowest BCUT2D eigenvalue weighted by Crippen LogP contribution is -2.51. The van der Waals surface area contributed by atoms with Crippen molar-refractivity contribution in [3.63, 3.8) is 0 Å². The SMILES string of the molecule is C[C@H](NC(=O)C1=C(O)c2cccn2C2(CCCCC2)C1=O)C(=O)O. The Morgan fingerprint density at radius 2 is 1.96 bits per heavy atom. The van der Waals surface area contributed by atoms with Crippen molar-refractivity contribution < 1.29 is 24.6 Å². The number of nitrogens with zero attached hydrogens (tertiary/aromatic N) is 1. The zero-order valence-corrected chi connectivity index (χ0v) is 13.4. The van der Waals surface area contributed by atoms with E-state index in [1.165, 1.54) is 6.92 Å². The van der Waals surface area contributed by atoms with Gasteiger partial charge in [-0.2, -0.15) is 0 Å². The van der Waals surface area contributed by atoms with E-state index in [1.54, 1.807) is 22.9 Å². The van der Waals surface area contributed by atoms with E-state index in [4.69, 9.17) is 5.11 Å². The molecule has 128 valence electrons. The fraction of sp³-hybridized carbons (Fsp3) is 0.471.